The number of benzene rings is 1. The Labute approximate surface area is 124 Å². The van der Waals surface area contributed by atoms with Crippen LogP contribution in [0, 0.1) is 5.92 Å². The molecule has 104 valence electrons. The first-order valence-electron chi connectivity index (χ1n) is 7.21. The van der Waals surface area contributed by atoms with Crippen LogP contribution in [-0.4, -0.2) is 11.9 Å². The lowest BCUT2D eigenvalue weighted by molar-refractivity contribution is -0.121. The van der Waals surface area contributed by atoms with Gasteiger partial charge in [-0.1, -0.05) is 41.4 Å². The van der Waals surface area contributed by atoms with Crippen molar-refractivity contribution in [2.24, 2.45) is 5.92 Å². The molecule has 1 aromatic carbocycles. The first kappa shape index (κ1) is 14.6. The van der Waals surface area contributed by atoms with Crippen molar-refractivity contribution in [3.05, 3.63) is 34.3 Å². The number of nitrogens with one attached hydrogen (secondary N) is 1. The molecule has 1 aromatic rings. The van der Waals surface area contributed by atoms with Gasteiger partial charge in [0.1, 0.15) is 0 Å². The zero-order valence-corrected chi connectivity index (χ0v) is 13.1. The number of hydrogen-bond donors (Lipinski definition) is 1. The summed E-state index contributed by atoms with van der Waals surface area (Å²) in [5.41, 5.74) is 1.07. The van der Waals surface area contributed by atoms with Crippen LogP contribution in [0.15, 0.2) is 28.7 Å². The minimum atomic E-state index is 0.155. The summed E-state index contributed by atoms with van der Waals surface area (Å²) in [7, 11) is 0. The number of hydrogen-bond acceptors (Lipinski definition) is 1. The van der Waals surface area contributed by atoms with Crippen molar-refractivity contribution in [2.45, 2.75) is 51.5 Å². The molecule has 2 nitrogen and oxygen atoms in total. The summed E-state index contributed by atoms with van der Waals surface area (Å²) in [5, 5.41) is 3.18. The van der Waals surface area contributed by atoms with Crippen LogP contribution >= 0.6 is 15.9 Å². The molecule has 0 atom stereocenters. The minimum absolute atomic E-state index is 0.155. The van der Waals surface area contributed by atoms with E-state index < -0.39 is 0 Å². The Morgan fingerprint density at radius 3 is 2.42 bits per heavy atom. The van der Waals surface area contributed by atoms with Crippen LogP contribution in [-0.2, 0) is 11.2 Å². The van der Waals surface area contributed by atoms with E-state index in [2.05, 4.69) is 28.2 Å². The largest absolute Gasteiger partial charge is 0.353 e. The molecular formula is C16H22BrNO. The minimum Gasteiger partial charge on any atom is -0.353 e. The van der Waals surface area contributed by atoms with E-state index in [-0.39, 0.29) is 5.91 Å². The van der Waals surface area contributed by atoms with Gasteiger partial charge in [0.25, 0.3) is 0 Å². The van der Waals surface area contributed by atoms with Crippen molar-refractivity contribution in [1.82, 2.24) is 5.32 Å². The van der Waals surface area contributed by atoms with Gasteiger partial charge in [0, 0.05) is 10.5 Å². The first-order valence-corrected chi connectivity index (χ1v) is 8.00. The van der Waals surface area contributed by atoms with Gasteiger partial charge in [-0.3, -0.25) is 4.79 Å². The third-order valence-electron chi connectivity index (χ3n) is 4.07. The Morgan fingerprint density at radius 2 is 1.84 bits per heavy atom. The van der Waals surface area contributed by atoms with Crippen LogP contribution in [0.3, 0.4) is 0 Å². The number of carbonyl (C=O) groups is 1. The monoisotopic (exact) mass is 323 g/mol. The zero-order chi connectivity index (χ0) is 13.7. The average molecular weight is 324 g/mol. The maximum atomic E-state index is 12.0. The molecule has 0 radical (unpaired) electrons. The molecule has 0 heterocycles. The van der Waals surface area contributed by atoms with Crippen molar-refractivity contribution in [3.63, 3.8) is 0 Å². The predicted molar refractivity (Wildman–Crippen MR) is 82.0 cm³/mol. The van der Waals surface area contributed by atoms with Gasteiger partial charge >= 0.3 is 0 Å². The third-order valence-corrected chi connectivity index (χ3v) is 4.60. The fraction of sp³-hybridized carbons (Fsp3) is 0.562. The third kappa shape index (κ3) is 4.64. The number of amides is 1. The fourth-order valence-corrected chi connectivity index (χ4v) is 3.05. The van der Waals surface area contributed by atoms with Crippen LogP contribution in [0.5, 0.6) is 0 Å². The molecule has 2 rings (SSSR count). The molecule has 3 heteroatoms. The standard InChI is InChI=1S/C16H22BrNO/c1-2-12-5-9-15(10-6-12)18-16(19)11-13-3-7-14(17)8-4-13/h3-4,7-8,12,15H,2,5-6,9-11H2,1H3,(H,18,19). The van der Waals surface area contributed by atoms with E-state index in [0.717, 1.165) is 28.8 Å². The van der Waals surface area contributed by atoms with Crippen LogP contribution in [0.25, 0.3) is 0 Å². The summed E-state index contributed by atoms with van der Waals surface area (Å²) in [6.45, 7) is 2.26. The van der Waals surface area contributed by atoms with E-state index in [1.54, 1.807) is 0 Å². The maximum absolute atomic E-state index is 12.0. The van der Waals surface area contributed by atoms with Gasteiger partial charge < -0.3 is 5.32 Å². The molecule has 0 spiro atoms. The van der Waals surface area contributed by atoms with Crippen molar-refractivity contribution < 1.29 is 4.79 Å². The molecule has 0 aromatic heterocycles. The lowest BCUT2D eigenvalue weighted by atomic mass is 9.84. The van der Waals surface area contributed by atoms with Gasteiger partial charge in [0.2, 0.25) is 5.91 Å². The summed E-state index contributed by atoms with van der Waals surface area (Å²) in [6, 6.07) is 8.35. The van der Waals surface area contributed by atoms with Gasteiger partial charge in [0.15, 0.2) is 0 Å². The average Bonchev–Trinajstić information content (AvgIpc) is 2.42. The lowest BCUT2D eigenvalue weighted by Crippen LogP contribution is -2.38. The van der Waals surface area contributed by atoms with E-state index in [1.807, 2.05) is 24.3 Å². The summed E-state index contributed by atoms with van der Waals surface area (Å²) in [4.78, 5) is 12.0. The van der Waals surface area contributed by atoms with E-state index in [4.69, 9.17) is 0 Å². The lowest BCUT2D eigenvalue weighted by Gasteiger charge is -2.28. The number of rotatable bonds is 4. The van der Waals surface area contributed by atoms with Crippen molar-refractivity contribution in [2.75, 3.05) is 0 Å². The Hall–Kier alpha value is -0.830. The molecular weight excluding hydrogens is 302 g/mol. The molecule has 0 saturated heterocycles. The van der Waals surface area contributed by atoms with Crippen LogP contribution in [0.1, 0.15) is 44.6 Å². The molecule has 1 fully saturated rings. The van der Waals surface area contributed by atoms with Crippen molar-refractivity contribution in [3.8, 4) is 0 Å². The summed E-state index contributed by atoms with van der Waals surface area (Å²) < 4.78 is 1.05. The van der Waals surface area contributed by atoms with Gasteiger partial charge in [-0.25, -0.2) is 0 Å². The van der Waals surface area contributed by atoms with Gasteiger partial charge in [-0.15, -0.1) is 0 Å². The number of halogens is 1. The summed E-state index contributed by atoms with van der Waals surface area (Å²) >= 11 is 3.40. The van der Waals surface area contributed by atoms with Crippen LogP contribution in [0.4, 0.5) is 0 Å². The molecule has 1 N–H and O–H groups in total. The normalized spacial score (nSPS) is 23.1. The Morgan fingerprint density at radius 1 is 1.21 bits per heavy atom. The van der Waals surface area contributed by atoms with Gasteiger partial charge in [-0.2, -0.15) is 0 Å². The molecule has 0 unspecified atom stereocenters. The second-order valence-corrected chi connectivity index (χ2v) is 6.41. The quantitative estimate of drug-likeness (QED) is 0.888. The van der Waals surface area contributed by atoms with Crippen molar-refractivity contribution >= 4 is 21.8 Å². The highest BCUT2D eigenvalue weighted by Gasteiger charge is 2.21. The van der Waals surface area contributed by atoms with E-state index in [9.17, 15) is 4.79 Å². The molecule has 1 aliphatic rings. The smallest absolute Gasteiger partial charge is 0.224 e. The first-order chi connectivity index (χ1) is 9.17. The predicted octanol–water partition coefficient (Wildman–Crippen LogP) is 4.08. The molecule has 1 aliphatic carbocycles. The highest BCUT2D eigenvalue weighted by Crippen LogP contribution is 2.26. The highest BCUT2D eigenvalue weighted by atomic mass is 79.9. The summed E-state index contributed by atoms with van der Waals surface area (Å²) in [5.74, 6) is 1.03. The van der Waals surface area contributed by atoms with Gasteiger partial charge in [0.05, 0.1) is 6.42 Å². The van der Waals surface area contributed by atoms with E-state index >= 15 is 0 Å². The molecule has 0 bridgehead atoms. The molecule has 19 heavy (non-hydrogen) atoms. The van der Waals surface area contributed by atoms with E-state index in [1.165, 1.54) is 19.3 Å². The van der Waals surface area contributed by atoms with Gasteiger partial charge in [-0.05, 0) is 49.3 Å². The zero-order valence-electron chi connectivity index (χ0n) is 11.5. The summed E-state index contributed by atoms with van der Waals surface area (Å²) in [6.07, 6.45) is 6.58. The van der Waals surface area contributed by atoms with Crippen LogP contribution < -0.4 is 5.32 Å². The number of carbonyl (C=O) groups excluding carboxylic acids is 1. The topological polar surface area (TPSA) is 29.1 Å². The Balaban J connectivity index is 1.77. The second kappa shape index (κ2) is 7.09. The Kier molecular flexibility index (Phi) is 5.44. The maximum Gasteiger partial charge on any atom is 0.224 e. The van der Waals surface area contributed by atoms with E-state index in [0.29, 0.717) is 12.5 Å². The highest BCUT2D eigenvalue weighted by molar-refractivity contribution is 9.10. The van der Waals surface area contributed by atoms with Crippen molar-refractivity contribution in [1.29, 1.82) is 0 Å². The second-order valence-electron chi connectivity index (χ2n) is 5.50. The molecule has 1 amide bonds. The SMILES string of the molecule is CCC1CCC(NC(=O)Cc2ccc(Br)cc2)CC1. The Bertz CT molecular complexity index is 407. The fourth-order valence-electron chi connectivity index (χ4n) is 2.78. The van der Waals surface area contributed by atoms with Crippen LogP contribution in [0.2, 0.25) is 0 Å². The molecule has 1 saturated carbocycles. The molecule has 0 aliphatic heterocycles.